The molecule has 6 nitrogen and oxygen atoms in total. The van der Waals surface area contributed by atoms with E-state index in [4.69, 9.17) is 0 Å². The molecule has 2 unspecified atom stereocenters. The summed E-state index contributed by atoms with van der Waals surface area (Å²) in [6.45, 7) is 4.83. The fourth-order valence-corrected chi connectivity index (χ4v) is 3.21. The maximum absolute atomic E-state index is 12.1. The van der Waals surface area contributed by atoms with Crippen LogP contribution in [0.15, 0.2) is 0 Å². The van der Waals surface area contributed by atoms with Crippen LogP contribution >= 0.6 is 0 Å². The Hall–Kier alpha value is -1.30. The van der Waals surface area contributed by atoms with Gasteiger partial charge in [-0.05, 0) is 18.9 Å². The number of imide groups is 1. The summed E-state index contributed by atoms with van der Waals surface area (Å²) in [4.78, 5) is 29.1. The number of carbonyl (C=O) groups is 2. The summed E-state index contributed by atoms with van der Waals surface area (Å²) in [6, 6.07) is -0.360. The number of nitrogens with one attached hydrogen (secondary N) is 1. The third-order valence-corrected chi connectivity index (χ3v) is 4.03. The van der Waals surface area contributed by atoms with Gasteiger partial charge in [0.25, 0.3) is 0 Å². The topological polar surface area (TPSA) is 55.9 Å². The quantitative estimate of drug-likeness (QED) is 0.626. The van der Waals surface area contributed by atoms with Crippen LogP contribution in [-0.2, 0) is 0 Å². The number of amides is 4. The molecule has 0 aromatic rings. The van der Waals surface area contributed by atoms with E-state index in [2.05, 4.69) is 17.3 Å². The van der Waals surface area contributed by atoms with E-state index in [0.717, 1.165) is 26.2 Å². The number of likely N-dealkylation sites (tertiary alicyclic amines) is 2. The van der Waals surface area contributed by atoms with E-state index in [-0.39, 0.29) is 12.1 Å². The van der Waals surface area contributed by atoms with E-state index in [0.29, 0.717) is 24.9 Å². The van der Waals surface area contributed by atoms with Crippen LogP contribution in [-0.4, -0.2) is 73.1 Å². The minimum atomic E-state index is -0.246. The number of hydrogen-bond donors (Lipinski definition) is 1. The largest absolute Gasteiger partial charge is 0.336 e. The van der Waals surface area contributed by atoms with Crippen LogP contribution in [0.1, 0.15) is 0 Å². The number of fused-ring (bicyclic) bond motifs is 1. The molecule has 4 amide bonds. The van der Waals surface area contributed by atoms with Crippen molar-refractivity contribution in [3.8, 4) is 0 Å². The molecule has 0 bridgehead atoms. The van der Waals surface area contributed by atoms with Gasteiger partial charge in [0.2, 0.25) is 0 Å². The monoisotopic (exact) mass is 238 g/mol. The molecule has 3 heterocycles. The molecule has 94 valence electrons. The molecule has 1 N–H and O–H groups in total. The zero-order valence-electron chi connectivity index (χ0n) is 10.1. The van der Waals surface area contributed by atoms with Crippen molar-refractivity contribution in [2.24, 2.45) is 11.8 Å². The number of rotatable bonds is 0. The second-order valence-corrected chi connectivity index (χ2v) is 5.31. The van der Waals surface area contributed by atoms with Crippen LogP contribution < -0.4 is 5.32 Å². The molecule has 0 aromatic heterocycles. The van der Waals surface area contributed by atoms with Gasteiger partial charge in [-0.2, -0.15) is 0 Å². The van der Waals surface area contributed by atoms with Crippen molar-refractivity contribution in [1.29, 1.82) is 0 Å². The first-order chi connectivity index (χ1) is 8.15. The van der Waals surface area contributed by atoms with E-state index in [9.17, 15) is 9.59 Å². The summed E-state index contributed by atoms with van der Waals surface area (Å²) < 4.78 is 0. The maximum atomic E-state index is 12.1. The molecule has 3 rings (SSSR count). The first-order valence-corrected chi connectivity index (χ1v) is 6.18. The van der Waals surface area contributed by atoms with E-state index >= 15 is 0 Å². The maximum Gasteiger partial charge on any atom is 0.328 e. The molecule has 2 atom stereocenters. The van der Waals surface area contributed by atoms with Gasteiger partial charge >= 0.3 is 12.1 Å². The van der Waals surface area contributed by atoms with E-state index < -0.39 is 0 Å². The Labute approximate surface area is 101 Å². The smallest absolute Gasteiger partial charge is 0.328 e. The lowest BCUT2D eigenvalue weighted by Gasteiger charge is -2.23. The predicted octanol–water partition coefficient (Wildman–Crippen LogP) is -0.375. The zero-order chi connectivity index (χ0) is 12.0. The van der Waals surface area contributed by atoms with Crippen LogP contribution in [0.25, 0.3) is 0 Å². The van der Waals surface area contributed by atoms with Gasteiger partial charge in [0, 0.05) is 39.3 Å². The second-order valence-electron chi connectivity index (χ2n) is 5.31. The Morgan fingerprint density at radius 2 is 1.88 bits per heavy atom. The van der Waals surface area contributed by atoms with Crippen molar-refractivity contribution in [3.63, 3.8) is 0 Å². The molecule has 3 aliphatic rings. The van der Waals surface area contributed by atoms with Crippen LogP contribution in [0, 0.1) is 11.8 Å². The normalized spacial score (nSPS) is 33.1. The highest BCUT2D eigenvalue weighted by Crippen LogP contribution is 2.30. The number of urea groups is 2. The summed E-state index contributed by atoms with van der Waals surface area (Å²) in [5, 5.41) is 2.66. The average molecular weight is 238 g/mol. The molecule has 0 radical (unpaired) electrons. The van der Waals surface area contributed by atoms with Gasteiger partial charge in [0.05, 0.1) is 0 Å². The fraction of sp³-hybridized carbons (Fsp3) is 0.818. The summed E-state index contributed by atoms with van der Waals surface area (Å²) in [5.74, 6) is 1.18. The van der Waals surface area contributed by atoms with E-state index in [1.807, 2.05) is 4.90 Å². The minimum Gasteiger partial charge on any atom is -0.336 e. The summed E-state index contributed by atoms with van der Waals surface area (Å²) in [5.41, 5.74) is 0. The van der Waals surface area contributed by atoms with E-state index in [1.54, 1.807) is 0 Å². The molecular weight excluding hydrogens is 220 g/mol. The first kappa shape index (κ1) is 10.8. The number of carbonyl (C=O) groups excluding carboxylic acids is 2. The number of hydrogen-bond acceptors (Lipinski definition) is 3. The Morgan fingerprint density at radius 1 is 1.24 bits per heavy atom. The Bertz CT molecular complexity index is 345. The average Bonchev–Trinajstić information content (AvgIpc) is 2.90. The standard InChI is InChI=1S/C11H18N4O2/c1-13-4-8-6-14(7-9(8)5-13)11(17)15-3-2-12-10(15)16/h8-9H,2-7H2,1H3,(H,12,16). The van der Waals surface area contributed by atoms with Gasteiger partial charge in [-0.1, -0.05) is 0 Å². The summed E-state index contributed by atoms with van der Waals surface area (Å²) in [6.07, 6.45) is 0. The van der Waals surface area contributed by atoms with Gasteiger partial charge in [-0.15, -0.1) is 0 Å². The lowest BCUT2D eigenvalue weighted by molar-refractivity contribution is 0.167. The van der Waals surface area contributed by atoms with Crippen molar-refractivity contribution in [1.82, 2.24) is 20.0 Å². The molecular formula is C11H18N4O2. The van der Waals surface area contributed by atoms with Crippen molar-refractivity contribution in [2.75, 3.05) is 46.3 Å². The number of nitrogens with zero attached hydrogens (tertiary/aromatic N) is 3. The lowest BCUT2D eigenvalue weighted by atomic mass is 10.0. The summed E-state index contributed by atoms with van der Waals surface area (Å²) >= 11 is 0. The highest BCUT2D eigenvalue weighted by molar-refractivity contribution is 5.95. The molecule has 0 aliphatic carbocycles. The van der Waals surface area contributed by atoms with Crippen molar-refractivity contribution in [3.05, 3.63) is 0 Å². The molecule has 0 aromatic carbocycles. The minimum absolute atomic E-state index is 0.114. The molecule has 3 saturated heterocycles. The van der Waals surface area contributed by atoms with Crippen LogP contribution in [0.4, 0.5) is 9.59 Å². The first-order valence-electron chi connectivity index (χ1n) is 6.18. The van der Waals surface area contributed by atoms with Crippen molar-refractivity contribution in [2.45, 2.75) is 0 Å². The highest BCUT2D eigenvalue weighted by atomic mass is 16.2. The Kier molecular flexibility index (Phi) is 2.47. The zero-order valence-corrected chi connectivity index (χ0v) is 10.1. The third-order valence-electron chi connectivity index (χ3n) is 4.03. The SMILES string of the molecule is CN1CC2CN(C(=O)N3CCNC3=O)CC2C1. The molecule has 3 aliphatic heterocycles. The van der Waals surface area contributed by atoms with Crippen LogP contribution in [0.3, 0.4) is 0 Å². The van der Waals surface area contributed by atoms with Gasteiger partial charge in [-0.3, -0.25) is 0 Å². The molecule has 17 heavy (non-hydrogen) atoms. The van der Waals surface area contributed by atoms with Gasteiger partial charge in [-0.25, -0.2) is 14.5 Å². The predicted molar refractivity (Wildman–Crippen MR) is 61.6 cm³/mol. The van der Waals surface area contributed by atoms with Crippen molar-refractivity contribution >= 4 is 12.1 Å². The van der Waals surface area contributed by atoms with Gasteiger partial charge in [0.1, 0.15) is 0 Å². The fourth-order valence-electron chi connectivity index (χ4n) is 3.21. The van der Waals surface area contributed by atoms with Gasteiger partial charge in [0.15, 0.2) is 0 Å². The van der Waals surface area contributed by atoms with E-state index in [1.165, 1.54) is 4.90 Å². The lowest BCUT2D eigenvalue weighted by Crippen LogP contribution is -2.44. The van der Waals surface area contributed by atoms with Crippen molar-refractivity contribution < 1.29 is 9.59 Å². The second kappa shape index (κ2) is 3.87. The third kappa shape index (κ3) is 1.76. The molecule has 0 spiro atoms. The molecule has 3 fully saturated rings. The Morgan fingerprint density at radius 3 is 2.41 bits per heavy atom. The Balaban J connectivity index is 1.64. The highest BCUT2D eigenvalue weighted by Gasteiger charge is 2.42. The van der Waals surface area contributed by atoms with Gasteiger partial charge < -0.3 is 15.1 Å². The van der Waals surface area contributed by atoms with Crippen LogP contribution in [0.5, 0.6) is 0 Å². The molecule has 0 saturated carbocycles. The van der Waals surface area contributed by atoms with Crippen LogP contribution in [0.2, 0.25) is 0 Å². The molecule has 6 heteroatoms. The summed E-state index contributed by atoms with van der Waals surface area (Å²) in [7, 11) is 2.12.